The van der Waals surface area contributed by atoms with Crippen molar-refractivity contribution in [1.29, 1.82) is 0 Å². The SMILES string of the molecule is CCO[C@@H]1C[C@@H](OC(=O)c2csc(-c3ccoc3)n2)C12CCC2. The number of aromatic nitrogens is 1. The molecule has 6 heteroatoms. The summed E-state index contributed by atoms with van der Waals surface area (Å²) in [7, 11) is 0. The van der Waals surface area contributed by atoms with Crippen molar-refractivity contribution in [3.05, 3.63) is 29.7 Å². The Morgan fingerprint density at radius 3 is 3.00 bits per heavy atom. The van der Waals surface area contributed by atoms with Crippen LogP contribution >= 0.6 is 11.3 Å². The summed E-state index contributed by atoms with van der Waals surface area (Å²) >= 11 is 1.42. The first-order valence-electron chi connectivity index (χ1n) is 8.03. The lowest BCUT2D eigenvalue weighted by atomic mass is 9.52. The normalized spacial score (nSPS) is 24.9. The highest BCUT2D eigenvalue weighted by atomic mass is 32.1. The summed E-state index contributed by atoms with van der Waals surface area (Å²) in [5.74, 6) is -0.331. The highest BCUT2D eigenvalue weighted by Gasteiger charge is 2.61. The van der Waals surface area contributed by atoms with Gasteiger partial charge in [-0.25, -0.2) is 9.78 Å². The molecule has 2 fully saturated rings. The summed E-state index contributed by atoms with van der Waals surface area (Å²) in [6.45, 7) is 2.73. The van der Waals surface area contributed by atoms with Crippen molar-refractivity contribution < 1.29 is 18.7 Å². The Morgan fingerprint density at radius 1 is 1.48 bits per heavy atom. The van der Waals surface area contributed by atoms with Gasteiger partial charge in [0.25, 0.3) is 0 Å². The lowest BCUT2D eigenvalue weighted by Gasteiger charge is -2.59. The molecular weight excluding hydrogens is 314 g/mol. The molecule has 0 aromatic carbocycles. The van der Waals surface area contributed by atoms with E-state index in [1.54, 1.807) is 17.9 Å². The molecule has 0 saturated heterocycles. The van der Waals surface area contributed by atoms with Crippen molar-refractivity contribution in [3.8, 4) is 10.6 Å². The predicted molar refractivity (Wildman–Crippen MR) is 85.3 cm³/mol. The highest BCUT2D eigenvalue weighted by molar-refractivity contribution is 7.13. The fourth-order valence-electron chi connectivity index (χ4n) is 3.62. The van der Waals surface area contributed by atoms with E-state index in [1.165, 1.54) is 17.8 Å². The fraction of sp³-hybridized carbons (Fsp3) is 0.529. The number of carbonyl (C=O) groups excluding carboxylic acids is 1. The van der Waals surface area contributed by atoms with E-state index in [2.05, 4.69) is 4.98 Å². The van der Waals surface area contributed by atoms with E-state index in [4.69, 9.17) is 13.9 Å². The molecule has 23 heavy (non-hydrogen) atoms. The second kappa shape index (κ2) is 5.76. The van der Waals surface area contributed by atoms with Crippen LogP contribution in [0.3, 0.4) is 0 Å². The van der Waals surface area contributed by atoms with Crippen LogP contribution in [0.5, 0.6) is 0 Å². The molecule has 0 bridgehead atoms. The largest absolute Gasteiger partial charge is 0.472 e. The molecule has 2 heterocycles. The smallest absolute Gasteiger partial charge is 0.358 e. The van der Waals surface area contributed by atoms with Crippen molar-refractivity contribution in [2.24, 2.45) is 5.41 Å². The molecule has 2 aromatic heterocycles. The Hall–Kier alpha value is -1.66. The lowest BCUT2D eigenvalue weighted by Crippen LogP contribution is -2.63. The molecule has 5 nitrogen and oxygen atoms in total. The van der Waals surface area contributed by atoms with Gasteiger partial charge in [0.15, 0.2) is 5.69 Å². The summed E-state index contributed by atoms with van der Waals surface area (Å²) in [6.07, 6.45) is 7.61. The molecule has 0 radical (unpaired) electrons. The van der Waals surface area contributed by atoms with Crippen LogP contribution in [0, 0.1) is 5.41 Å². The molecule has 122 valence electrons. The van der Waals surface area contributed by atoms with Gasteiger partial charge in [0.2, 0.25) is 0 Å². The zero-order chi connectivity index (χ0) is 15.9. The minimum atomic E-state index is -0.331. The second-order valence-corrected chi connectivity index (χ2v) is 7.07. The van der Waals surface area contributed by atoms with E-state index < -0.39 is 0 Å². The van der Waals surface area contributed by atoms with E-state index in [9.17, 15) is 4.79 Å². The monoisotopic (exact) mass is 333 g/mol. The van der Waals surface area contributed by atoms with Crippen molar-refractivity contribution in [2.75, 3.05) is 6.61 Å². The van der Waals surface area contributed by atoms with Gasteiger partial charge in [0.05, 0.1) is 12.4 Å². The summed E-state index contributed by atoms with van der Waals surface area (Å²) in [5.41, 5.74) is 1.32. The van der Waals surface area contributed by atoms with Gasteiger partial charge in [-0.15, -0.1) is 11.3 Å². The van der Waals surface area contributed by atoms with E-state index in [0.717, 1.165) is 29.8 Å². The van der Waals surface area contributed by atoms with Crippen molar-refractivity contribution >= 4 is 17.3 Å². The topological polar surface area (TPSA) is 61.6 Å². The number of hydrogen-bond donors (Lipinski definition) is 0. The zero-order valence-corrected chi connectivity index (χ0v) is 13.8. The van der Waals surface area contributed by atoms with Crippen LogP contribution < -0.4 is 0 Å². The van der Waals surface area contributed by atoms with Gasteiger partial charge >= 0.3 is 5.97 Å². The van der Waals surface area contributed by atoms with Crippen LogP contribution in [0.15, 0.2) is 28.4 Å². The molecule has 1 spiro atoms. The van der Waals surface area contributed by atoms with Crippen LogP contribution in [0.25, 0.3) is 10.6 Å². The van der Waals surface area contributed by atoms with Crippen LogP contribution in [0.4, 0.5) is 0 Å². The maximum Gasteiger partial charge on any atom is 0.358 e. The predicted octanol–water partition coefficient (Wildman–Crippen LogP) is 3.91. The van der Waals surface area contributed by atoms with Crippen LogP contribution in [0.2, 0.25) is 0 Å². The van der Waals surface area contributed by atoms with Crippen LogP contribution in [-0.2, 0) is 9.47 Å². The molecule has 2 aromatic rings. The Morgan fingerprint density at radius 2 is 2.35 bits per heavy atom. The van der Waals surface area contributed by atoms with Crippen LogP contribution in [-0.4, -0.2) is 29.8 Å². The van der Waals surface area contributed by atoms with Gasteiger partial charge in [0, 0.05) is 29.4 Å². The number of furan rings is 1. The third kappa shape index (κ3) is 2.40. The standard InChI is InChI=1S/C17H19NO4S/c1-2-21-13-8-14(17(13)5-3-6-17)22-16(19)12-10-23-15(18-12)11-4-7-20-9-11/h4,7,9-10,13-14H,2-3,5-6,8H2,1H3/t13-,14-/m1/s1. The second-order valence-electron chi connectivity index (χ2n) is 6.21. The van der Waals surface area contributed by atoms with Gasteiger partial charge in [-0.1, -0.05) is 6.42 Å². The third-order valence-electron chi connectivity index (χ3n) is 5.09. The Bertz CT molecular complexity index is 689. The first-order valence-corrected chi connectivity index (χ1v) is 8.91. The highest BCUT2D eigenvalue weighted by Crippen LogP contribution is 2.58. The van der Waals surface area contributed by atoms with Gasteiger partial charge < -0.3 is 13.9 Å². The quantitative estimate of drug-likeness (QED) is 0.776. The van der Waals surface area contributed by atoms with Gasteiger partial charge in [-0.3, -0.25) is 0 Å². The molecule has 0 N–H and O–H groups in total. The number of hydrogen-bond acceptors (Lipinski definition) is 6. The van der Waals surface area contributed by atoms with Gasteiger partial charge in [-0.05, 0) is 25.8 Å². The van der Waals surface area contributed by atoms with Gasteiger partial charge in [0.1, 0.15) is 17.4 Å². The molecule has 2 aliphatic rings. The van der Waals surface area contributed by atoms with Gasteiger partial charge in [-0.2, -0.15) is 0 Å². The number of carbonyl (C=O) groups is 1. The Balaban J connectivity index is 1.43. The summed E-state index contributed by atoms with van der Waals surface area (Å²) in [5, 5.41) is 2.52. The molecule has 0 aliphatic heterocycles. The minimum Gasteiger partial charge on any atom is -0.472 e. The van der Waals surface area contributed by atoms with E-state index in [0.29, 0.717) is 12.3 Å². The number of esters is 1. The maximum atomic E-state index is 12.4. The number of nitrogens with zero attached hydrogens (tertiary/aromatic N) is 1. The van der Waals surface area contributed by atoms with Crippen molar-refractivity contribution in [1.82, 2.24) is 4.98 Å². The first kappa shape index (κ1) is 14.9. The number of ether oxygens (including phenoxy) is 2. The van der Waals surface area contributed by atoms with E-state index in [-0.39, 0.29) is 23.6 Å². The molecule has 2 saturated carbocycles. The Kier molecular flexibility index (Phi) is 3.73. The van der Waals surface area contributed by atoms with Crippen LogP contribution in [0.1, 0.15) is 43.1 Å². The summed E-state index contributed by atoms with van der Waals surface area (Å²) in [6, 6.07) is 1.83. The lowest BCUT2D eigenvalue weighted by molar-refractivity contribution is -0.225. The fourth-order valence-corrected chi connectivity index (χ4v) is 4.39. The molecule has 2 atom stereocenters. The zero-order valence-electron chi connectivity index (χ0n) is 13.0. The maximum absolute atomic E-state index is 12.4. The number of thiazole rings is 1. The molecular formula is C17H19NO4S. The van der Waals surface area contributed by atoms with E-state index >= 15 is 0 Å². The minimum absolute atomic E-state index is 0.0284. The average Bonchev–Trinajstić information content (AvgIpc) is 3.14. The molecule has 2 aliphatic carbocycles. The molecule has 0 amide bonds. The third-order valence-corrected chi connectivity index (χ3v) is 5.99. The summed E-state index contributed by atoms with van der Waals surface area (Å²) < 4.78 is 16.6. The number of rotatable bonds is 5. The van der Waals surface area contributed by atoms with Crippen molar-refractivity contribution in [3.63, 3.8) is 0 Å². The first-order chi connectivity index (χ1) is 11.2. The Labute approximate surface area is 138 Å². The summed E-state index contributed by atoms with van der Waals surface area (Å²) in [4.78, 5) is 16.7. The molecule has 0 unspecified atom stereocenters. The molecule has 4 rings (SSSR count). The average molecular weight is 333 g/mol. The van der Waals surface area contributed by atoms with E-state index in [1.807, 2.05) is 13.0 Å². The van der Waals surface area contributed by atoms with Crippen molar-refractivity contribution in [2.45, 2.75) is 44.8 Å².